The molecule has 2 amide bonds. The summed E-state index contributed by atoms with van der Waals surface area (Å²) >= 11 is 5.84. The van der Waals surface area contributed by atoms with Crippen LogP contribution in [0.15, 0.2) is 60.9 Å². The quantitative estimate of drug-likeness (QED) is 0.571. The number of nitrogens with zero attached hydrogens (tertiary/aromatic N) is 2. The predicted molar refractivity (Wildman–Crippen MR) is 114 cm³/mol. The van der Waals surface area contributed by atoms with Crippen LogP contribution in [0.3, 0.4) is 0 Å². The average molecular weight is 429 g/mol. The summed E-state index contributed by atoms with van der Waals surface area (Å²) in [6.07, 6.45) is 2.31. The number of halogens is 1. The molecule has 0 bridgehead atoms. The number of ether oxygens (including phenoxy) is 2. The topological polar surface area (TPSA) is 94.5 Å². The molecule has 3 rings (SSSR count). The van der Waals surface area contributed by atoms with Gasteiger partial charge in [-0.2, -0.15) is 5.10 Å². The highest BCUT2D eigenvalue weighted by Gasteiger charge is 2.16. The molecule has 0 aliphatic rings. The van der Waals surface area contributed by atoms with Gasteiger partial charge in [-0.25, -0.2) is 0 Å². The van der Waals surface area contributed by atoms with Crippen molar-refractivity contribution in [2.45, 2.75) is 19.6 Å². The van der Waals surface area contributed by atoms with Gasteiger partial charge in [0.25, 0.3) is 5.91 Å². The van der Waals surface area contributed by atoms with Crippen molar-refractivity contribution in [2.75, 3.05) is 17.7 Å². The molecule has 9 heteroatoms. The van der Waals surface area contributed by atoms with E-state index in [0.29, 0.717) is 27.9 Å². The van der Waals surface area contributed by atoms with Gasteiger partial charge < -0.3 is 20.1 Å². The fraction of sp³-hybridized carbons (Fsp3) is 0.190. The molecule has 1 heterocycles. The highest BCUT2D eigenvalue weighted by atomic mass is 35.5. The van der Waals surface area contributed by atoms with Crippen molar-refractivity contribution >= 4 is 34.8 Å². The van der Waals surface area contributed by atoms with Gasteiger partial charge >= 0.3 is 0 Å². The van der Waals surface area contributed by atoms with Gasteiger partial charge in [-0.15, -0.1) is 0 Å². The van der Waals surface area contributed by atoms with E-state index in [2.05, 4.69) is 15.7 Å². The van der Waals surface area contributed by atoms with Crippen molar-refractivity contribution in [3.05, 3.63) is 65.9 Å². The van der Waals surface area contributed by atoms with Gasteiger partial charge in [0.2, 0.25) is 5.91 Å². The second kappa shape index (κ2) is 9.80. The second-order valence-corrected chi connectivity index (χ2v) is 6.84. The number of methoxy groups -OCH3 is 1. The number of rotatable bonds is 8. The molecular formula is C21H21ClN4O4. The highest BCUT2D eigenvalue weighted by molar-refractivity contribution is 6.30. The van der Waals surface area contributed by atoms with Crippen molar-refractivity contribution in [3.8, 4) is 11.5 Å². The molecule has 0 fully saturated rings. The first-order valence-corrected chi connectivity index (χ1v) is 9.50. The van der Waals surface area contributed by atoms with Gasteiger partial charge in [0.15, 0.2) is 6.10 Å². The summed E-state index contributed by atoms with van der Waals surface area (Å²) in [6, 6.07) is 13.7. The number of carbonyl (C=O) groups is 2. The SMILES string of the molecule is COc1ccc(NC(=O)Cn2cc(NC(=O)C(C)Oc3ccc(Cl)cc3)cn2)cc1. The lowest BCUT2D eigenvalue weighted by molar-refractivity contribution is -0.122. The first kappa shape index (κ1) is 21.2. The van der Waals surface area contributed by atoms with Crippen LogP contribution in [0, 0.1) is 0 Å². The van der Waals surface area contributed by atoms with Crippen LogP contribution in [0.4, 0.5) is 11.4 Å². The number of benzene rings is 2. The molecule has 1 atom stereocenters. The zero-order valence-corrected chi connectivity index (χ0v) is 17.2. The minimum Gasteiger partial charge on any atom is -0.497 e. The van der Waals surface area contributed by atoms with Gasteiger partial charge in [-0.05, 0) is 55.5 Å². The molecule has 156 valence electrons. The van der Waals surface area contributed by atoms with Gasteiger partial charge in [-0.1, -0.05) is 11.6 Å². The smallest absolute Gasteiger partial charge is 0.265 e. The van der Waals surface area contributed by atoms with Crippen molar-refractivity contribution in [1.29, 1.82) is 0 Å². The molecule has 1 unspecified atom stereocenters. The number of hydrogen-bond acceptors (Lipinski definition) is 5. The fourth-order valence-electron chi connectivity index (χ4n) is 2.55. The van der Waals surface area contributed by atoms with E-state index in [0.717, 1.165) is 0 Å². The van der Waals surface area contributed by atoms with Crippen molar-refractivity contribution in [2.24, 2.45) is 0 Å². The summed E-state index contributed by atoms with van der Waals surface area (Å²) in [5.74, 6) is 0.649. The molecule has 0 aliphatic heterocycles. The highest BCUT2D eigenvalue weighted by Crippen LogP contribution is 2.18. The van der Waals surface area contributed by atoms with E-state index in [4.69, 9.17) is 21.1 Å². The third kappa shape index (κ3) is 5.99. The first-order valence-electron chi connectivity index (χ1n) is 9.12. The molecule has 8 nitrogen and oxygen atoms in total. The second-order valence-electron chi connectivity index (χ2n) is 6.41. The van der Waals surface area contributed by atoms with Crippen LogP contribution >= 0.6 is 11.6 Å². The van der Waals surface area contributed by atoms with Gasteiger partial charge in [0.05, 0.1) is 19.0 Å². The Morgan fingerprint density at radius 2 is 1.70 bits per heavy atom. The largest absolute Gasteiger partial charge is 0.497 e. The molecule has 2 aromatic carbocycles. The van der Waals surface area contributed by atoms with Gasteiger partial charge in [0, 0.05) is 16.9 Å². The van der Waals surface area contributed by atoms with Crippen LogP contribution in [-0.4, -0.2) is 34.8 Å². The molecular weight excluding hydrogens is 408 g/mol. The zero-order chi connectivity index (χ0) is 21.5. The van der Waals surface area contributed by atoms with Crippen LogP contribution in [0.1, 0.15) is 6.92 Å². The fourth-order valence-corrected chi connectivity index (χ4v) is 2.68. The summed E-state index contributed by atoms with van der Waals surface area (Å²) in [7, 11) is 1.58. The standard InChI is InChI=1S/C21H21ClN4O4/c1-14(30-19-7-3-15(22)4-8-19)21(28)25-17-11-23-26(12-17)13-20(27)24-16-5-9-18(29-2)10-6-16/h3-12,14H,13H2,1-2H3,(H,24,27)(H,25,28). The lowest BCUT2D eigenvalue weighted by atomic mass is 10.3. The van der Waals surface area contributed by atoms with E-state index < -0.39 is 6.10 Å². The van der Waals surface area contributed by atoms with Crippen LogP contribution < -0.4 is 20.1 Å². The minimum atomic E-state index is -0.729. The summed E-state index contributed by atoms with van der Waals surface area (Å²) in [6.45, 7) is 1.63. The van der Waals surface area contributed by atoms with E-state index in [1.807, 2.05) is 0 Å². The molecule has 1 aromatic heterocycles. The molecule has 30 heavy (non-hydrogen) atoms. The molecule has 0 saturated heterocycles. The maximum absolute atomic E-state index is 12.3. The summed E-state index contributed by atoms with van der Waals surface area (Å²) < 4.78 is 12.1. The van der Waals surface area contributed by atoms with Crippen molar-refractivity contribution in [3.63, 3.8) is 0 Å². The first-order chi connectivity index (χ1) is 14.4. The Hall–Kier alpha value is -3.52. The Morgan fingerprint density at radius 1 is 1.03 bits per heavy atom. The normalized spacial score (nSPS) is 11.4. The Bertz CT molecular complexity index is 1000. The van der Waals surface area contributed by atoms with Crippen molar-refractivity contribution < 1.29 is 19.1 Å². The van der Waals surface area contributed by atoms with Crippen LogP contribution in [0.2, 0.25) is 5.02 Å². The molecule has 0 aliphatic carbocycles. The van der Waals surface area contributed by atoms with E-state index in [1.54, 1.807) is 68.8 Å². The van der Waals surface area contributed by atoms with Crippen LogP contribution in [0.5, 0.6) is 11.5 Å². The molecule has 0 spiro atoms. The van der Waals surface area contributed by atoms with Crippen molar-refractivity contribution in [1.82, 2.24) is 9.78 Å². The Labute approximate surface area is 178 Å². The van der Waals surface area contributed by atoms with E-state index >= 15 is 0 Å². The summed E-state index contributed by atoms with van der Waals surface area (Å²) in [4.78, 5) is 24.5. The number of nitrogens with one attached hydrogen (secondary N) is 2. The third-order valence-electron chi connectivity index (χ3n) is 4.08. The van der Waals surface area contributed by atoms with Crippen LogP contribution in [0.25, 0.3) is 0 Å². The number of anilines is 2. The monoisotopic (exact) mass is 428 g/mol. The summed E-state index contributed by atoms with van der Waals surface area (Å²) in [5, 5.41) is 10.2. The van der Waals surface area contributed by atoms with E-state index in [-0.39, 0.29) is 18.4 Å². The average Bonchev–Trinajstić information content (AvgIpc) is 3.16. The molecule has 0 radical (unpaired) electrons. The lowest BCUT2D eigenvalue weighted by Gasteiger charge is -2.14. The molecule has 3 aromatic rings. The maximum Gasteiger partial charge on any atom is 0.265 e. The number of amides is 2. The summed E-state index contributed by atoms with van der Waals surface area (Å²) in [5.41, 5.74) is 1.11. The minimum absolute atomic E-state index is 0.00126. The van der Waals surface area contributed by atoms with Gasteiger partial charge in [-0.3, -0.25) is 14.3 Å². The molecule has 0 saturated carbocycles. The zero-order valence-electron chi connectivity index (χ0n) is 16.5. The number of carbonyl (C=O) groups excluding carboxylic acids is 2. The van der Waals surface area contributed by atoms with Gasteiger partial charge in [0.1, 0.15) is 18.0 Å². The molecule has 2 N–H and O–H groups in total. The predicted octanol–water partition coefficient (Wildman–Crippen LogP) is 3.59. The third-order valence-corrected chi connectivity index (χ3v) is 4.33. The Morgan fingerprint density at radius 3 is 2.37 bits per heavy atom. The lowest BCUT2D eigenvalue weighted by Crippen LogP contribution is -2.30. The number of aromatic nitrogens is 2. The maximum atomic E-state index is 12.3. The van der Waals surface area contributed by atoms with E-state index in [9.17, 15) is 9.59 Å². The number of hydrogen-bond donors (Lipinski definition) is 2. The van der Waals surface area contributed by atoms with E-state index in [1.165, 1.54) is 10.9 Å². The Kier molecular flexibility index (Phi) is 6.92. The Balaban J connectivity index is 1.50. The van der Waals surface area contributed by atoms with Crippen LogP contribution in [-0.2, 0) is 16.1 Å².